The third-order valence-corrected chi connectivity index (χ3v) is 7.53. The second-order valence-corrected chi connectivity index (χ2v) is 9.69. The third-order valence-electron chi connectivity index (χ3n) is 6.68. The maximum atomic E-state index is 15.1. The van der Waals surface area contributed by atoms with Crippen LogP contribution in [0, 0.1) is 17.6 Å². The summed E-state index contributed by atoms with van der Waals surface area (Å²) in [5.74, 6) is -1.37. The maximum Gasteiger partial charge on any atom is 0.391 e. The Morgan fingerprint density at radius 3 is 2.56 bits per heavy atom. The average molecular weight is 523 g/mol. The SMILES string of the molecule is Fc1ccc([C@@H]2C[C@H](C(F)(F)F)CCN2[C@H]2CCOc3cc(SNc4ccncn4)c(F)cc32)cc1. The summed E-state index contributed by atoms with van der Waals surface area (Å²) in [4.78, 5) is 10.2. The second kappa shape index (κ2) is 10.2. The summed E-state index contributed by atoms with van der Waals surface area (Å²) in [6.07, 6.45) is -1.06. The highest BCUT2D eigenvalue weighted by atomic mass is 32.2. The number of piperidine rings is 1. The van der Waals surface area contributed by atoms with E-state index in [-0.39, 0.29) is 25.4 Å². The summed E-state index contributed by atoms with van der Waals surface area (Å²) < 4.78 is 78.4. The van der Waals surface area contributed by atoms with E-state index in [1.54, 1.807) is 18.3 Å². The Morgan fingerprint density at radius 2 is 1.83 bits per heavy atom. The van der Waals surface area contributed by atoms with Crippen molar-refractivity contribution in [3.63, 3.8) is 0 Å². The van der Waals surface area contributed by atoms with E-state index in [0.29, 0.717) is 40.6 Å². The molecule has 1 aromatic heterocycles. The highest BCUT2D eigenvalue weighted by molar-refractivity contribution is 8.00. The molecule has 5 rings (SSSR count). The summed E-state index contributed by atoms with van der Waals surface area (Å²) in [6, 6.07) is 9.32. The Kier molecular flexibility index (Phi) is 7.03. The van der Waals surface area contributed by atoms with E-state index in [0.717, 1.165) is 11.9 Å². The van der Waals surface area contributed by atoms with Crippen molar-refractivity contribution in [3.8, 4) is 5.75 Å². The van der Waals surface area contributed by atoms with Gasteiger partial charge in [0.25, 0.3) is 0 Å². The molecule has 0 radical (unpaired) electrons. The van der Waals surface area contributed by atoms with E-state index in [1.165, 1.54) is 36.7 Å². The van der Waals surface area contributed by atoms with Crippen LogP contribution in [0.5, 0.6) is 5.75 Å². The smallest absolute Gasteiger partial charge is 0.391 e. The van der Waals surface area contributed by atoms with Gasteiger partial charge in [0, 0.05) is 30.3 Å². The first-order valence-electron chi connectivity index (χ1n) is 11.5. The molecular weight excluding hydrogens is 499 g/mol. The van der Waals surface area contributed by atoms with Gasteiger partial charge in [0.15, 0.2) is 0 Å². The van der Waals surface area contributed by atoms with E-state index in [1.807, 2.05) is 4.90 Å². The molecule has 190 valence electrons. The van der Waals surface area contributed by atoms with Crippen molar-refractivity contribution >= 4 is 17.8 Å². The topological polar surface area (TPSA) is 50.3 Å². The van der Waals surface area contributed by atoms with Crippen molar-refractivity contribution in [2.45, 2.75) is 42.4 Å². The lowest BCUT2D eigenvalue weighted by molar-refractivity contribution is -0.192. The van der Waals surface area contributed by atoms with Crippen LogP contribution in [0.1, 0.15) is 42.5 Å². The molecule has 0 amide bonds. The molecule has 1 saturated heterocycles. The molecule has 0 saturated carbocycles. The molecule has 0 aliphatic carbocycles. The molecule has 3 aromatic rings. The van der Waals surface area contributed by atoms with Crippen molar-refractivity contribution in [1.29, 1.82) is 0 Å². The molecule has 11 heteroatoms. The van der Waals surface area contributed by atoms with Crippen molar-refractivity contribution in [1.82, 2.24) is 14.9 Å². The predicted octanol–water partition coefficient (Wildman–Crippen LogP) is 6.71. The number of halogens is 5. The Hall–Kier alpha value is -2.92. The Bertz CT molecular complexity index is 1200. The van der Waals surface area contributed by atoms with Gasteiger partial charge < -0.3 is 9.46 Å². The van der Waals surface area contributed by atoms with Crippen molar-refractivity contribution < 1.29 is 26.7 Å². The molecule has 0 spiro atoms. The minimum Gasteiger partial charge on any atom is -0.493 e. The van der Waals surface area contributed by atoms with Gasteiger partial charge in [-0.3, -0.25) is 4.90 Å². The highest BCUT2D eigenvalue weighted by Crippen LogP contribution is 2.48. The summed E-state index contributed by atoms with van der Waals surface area (Å²) in [6.45, 7) is 0.534. The summed E-state index contributed by atoms with van der Waals surface area (Å²) in [5, 5.41) is 0. The number of alkyl halides is 3. The van der Waals surface area contributed by atoms with Gasteiger partial charge in [-0.25, -0.2) is 18.7 Å². The Balaban J connectivity index is 1.43. The third kappa shape index (κ3) is 5.27. The number of nitrogens with zero attached hydrogens (tertiary/aromatic N) is 3. The number of aromatic nitrogens is 2. The molecular formula is C25H23F5N4OS. The van der Waals surface area contributed by atoms with E-state index < -0.39 is 29.8 Å². The standard InChI is InChI=1S/C25H23F5N4OS/c26-17-3-1-15(2-4-17)21-11-16(25(28,29)30)6-9-34(21)20-7-10-35-22-13-23(19(27)12-18(20)22)36-33-24-5-8-31-14-32-24/h1-5,8,12-14,16,20-21H,6-7,9-11H2,(H,31,32,33)/t16-,20+,21+/m1/s1. The van der Waals surface area contributed by atoms with E-state index in [4.69, 9.17) is 4.74 Å². The lowest BCUT2D eigenvalue weighted by Crippen LogP contribution is -2.44. The normalized spacial score (nSPS) is 22.5. The Labute approximate surface area is 209 Å². The van der Waals surface area contributed by atoms with Crippen molar-refractivity contribution in [2.75, 3.05) is 17.9 Å². The molecule has 1 fully saturated rings. The molecule has 2 aliphatic rings. The quantitative estimate of drug-likeness (QED) is 0.297. The van der Waals surface area contributed by atoms with Gasteiger partial charge in [0.1, 0.15) is 29.5 Å². The van der Waals surface area contributed by atoms with Gasteiger partial charge >= 0.3 is 6.18 Å². The van der Waals surface area contributed by atoms with Gasteiger partial charge in [0.05, 0.1) is 17.4 Å². The fourth-order valence-corrected chi connectivity index (χ4v) is 5.58. The summed E-state index contributed by atoms with van der Waals surface area (Å²) in [7, 11) is 0. The number of hydrogen-bond donors (Lipinski definition) is 1. The van der Waals surface area contributed by atoms with Gasteiger partial charge in [-0.2, -0.15) is 13.2 Å². The van der Waals surface area contributed by atoms with Crippen LogP contribution in [0.25, 0.3) is 0 Å². The maximum absolute atomic E-state index is 15.1. The number of rotatable bonds is 5. The highest BCUT2D eigenvalue weighted by Gasteiger charge is 2.46. The largest absolute Gasteiger partial charge is 0.493 e. The molecule has 3 heterocycles. The first kappa shape index (κ1) is 24.8. The van der Waals surface area contributed by atoms with Crippen molar-refractivity contribution in [2.24, 2.45) is 5.92 Å². The van der Waals surface area contributed by atoms with E-state index >= 15 is 4.39 Å². The average Bonchev–Trinajstić information content (AvgIpc) is 2.87. The fraction of sp³-hybridized carbons (Fsp3) is 0.360. The first-order valence-corrected chi connectivity index (χ1v) is 12.3. The van der Waals surface area contributed by atoms with Crippen LogP contribution in [0.3, 0.4) is 0 Å². The molecule has 1 N–H and O–H groups in total. The molecule has 0 unspecified atom stereocenters. The minimum absolute atomic E-state index is 0.0485. The van der Waals surface area contributed by atoms with Crippen LogP contribution in [0.15, 0.2) is 59.9 Å². The zero-order valence-corrected chi connectivity index (χ0v) is 19.8. The number of hydrogen-bond acceptors (Lipinski definition) is 6. The number of fused-ring (bicyclic) bond motifs is 1. The number of likely N-dealkylation sites (tertiary alicyclic amines) is 1. The number of nitrogens with one attached hydrogen (secondary N) is 1. The van der Waals surface area contributed by atoms with Gasteiger partial charge in [-0.1, -0.05) is 12.1 Å². The van der Waals surface area contributed by atoms with Gasteiger partial charge in [-0.05, 0) is 67.2 Å². The monoisotopic (exact) mass is 522 g/mol. The zero-order valence-electron chi connectivity index (χ0n) is 19.0. The van der Waals surface area contributed by atoms with Crippen LogP contribution in [0.2, 0.25) is 0 Å². The van der Waals surface area contributed by atoms with Crippen LogP contribution in [-0.2, 0) is 0 Å². The molecule has 5 nitrogen and oxygen atoms in total. The fourth-order valence-electron chi connectivity index (χ4n) is 4.92. The minimum atomic E-state index is -4.31. The van der Waals surface area contributed by atoms with E-state index in [2.05, 4.69) is 14.7 Å². The number of anilines is 1. The van der Waals surface area contributed by atoms with Crippen LogP contribution in [0.4, 0.5) is 27.8 Å². The molecule has 2 aliphatic heterocycles. The lowest BCUT2D eigenvalue weighted by Gasteiger charge is -2.46. The Morgan fingerprint density at radius 1 is 1.03 bits per heavy atom. The van der Waals surface area contributed by atoms with Gasteiger partial charge in [0.2, 0.25) is 0 Å². The van der Waals surface area contributed by atoms with Crippen LogP contribution in [-0.4, -0.2) is 34.2 Å². The lowest BCUT2D eigenvalue weighted by atomic mass is 9.84. The number of benzene rings is 2. The summed E-state index contributed by atoms with van der Waals surface area (Å²) in [5.41, 5.74) is 1.21. The van der Waals surface area contributed by atoms with Crippen molar-refractivity contribution in [3.05, 3.63) is 77.8 Å². The molecule has 36 heavy (non-hydrogen) atoms. The van der Waals surface area contributed by atoms with Gasteiger partial charge in [-0.15, -0.1) is 0 Å². The molecule has 3 atom stereocenters. The second-order valence-electron chi connectivity index (χ2n) is 8.84. The van der Waals surface area contributed by atoms with Crippen LogP contribution >= 0.6 is 11.9 Å². The predicted molar refractivity (Wildman–Crippen MR) is 125 cm³/mol. The number of ether oxygens (including phenoxy) is 1. The summed E-state index contributed by atoms with van der Waals surface area (Å²) >= 11 is 1.04. The molecule has 0 bridgehead atoms. The molecule has 2 aromatic carbocycles. The first-order chi connectivity index (χ1) is 17.3. The zero-order chi connectivity index (χ0) is 25.3. The van der Waals surface area contributed by atoms with Crippen LogP contribution < -0.4 is 9.46 Å². The van der Waals surface area contributed by atoms with E-state index in [9.17, 15) is 17.6 Å².